The van der Waals surface area contributed by atoms with Crippen LogP contribution >= 0.6 is 23.1 Å². The molecule has 0 bridgehead atoms. The number of rotatable bonds is 1. The third-order valence-corrected chi connectivity index (χ3v) is 7.65. The summed E-state index contributed by atoms with van der Waals surface area (Å²) < 4.78 is 0. The minimum Gasteiger partial charge on any atom is -0.278 e. The van der Waals surface area contributed by atoms with Gasteiger partial charge >= 0.3 is 0 Å². The summed E-state index contributed by atoms with van der Waals surface area (Å²) in [5.74, 6) is 2.24. The summed E-state index contributed by atoms with van der Waals surface area (Å²) in [7, 11) is 0. The van der Waals surface area contributed by atoms with E-state index >= 15 is 0 Å². The molecule has 4 aliphatic rings. The molecule has 23 heavy (non-hydrogen) atoms. The van der Waals surface area contributed by atoms with Crippen LogP contribution in [-0.2, 0) is 4.79 Å². The molecular formula is C18H20N2OS2. The van der Waals surface area contributed by atoms with Crippen LogP contribution in [0.1, 0.15) is 49.4 Å². The van der Waals surface area contributed by atoms with E-state index in [0.717, 1.165) is 17.5 Å². The molecule has 3 nitrogen and oxygen atoms in total. The summed E-state index contributed by atoms with van der Waals surface area (Å²) in [5, 5.41) is 3.08. The smallest absolute Gasteiger partial charge is 0.239 e. The molecule has 0 aromatic carbocycles. The Morgan fingerprint density at radius 1 is 1.22 bits per heavy atom. The van der Waals surface area contributed by atoms with Gasteiger partial charge in [0.15, 0.2) is 5.17 Å². The Labute approximate surface area is 144 Å². The molecular weight excluding hydrogens is 324 g/mol. The number of hydrogen-bond acceptors (Lipinski definition) is 4. The first-order chi connectivity index (χ1) is 11.3. The number of aliphatic imine (C=N–C) groups is 1. The molecule has 5 rings (SSSR count). The van der Waals surface area contributed by atoms with Gasteiger partial charge in [-0.25, -0.2) is 4.99 Å². The summed E-state index contributed by atoms with van der Waals surface area (Å²) in [6, 6.07) is 4.42. The monoisotopic (exact) mass is 344 g/mol. The van der Waals surface area contributed by atoms with Crippen molar-refractivity contribution in [2.75, 3.05) is 5.75 Å². The van der Waals surface area contributed by atoms with Crippen molar-refractivity contribution >= 4 is 34.2 Å². The summed E-state index contributed by atoms with van der Waals surface area (Å²) >= 11 is 3.40. The Bertz CT molecular complexity index is 707. The highest BCUT2D eigenvalue weighted by atomic mass is 32.2. The molecule has 1 amide bonds. The molecule has 1 aromatic rings. The zero-order valence-electron chi connectivity index (χ0n) is 13.0. The normalized spacial score (nSPS) is 33.2. The number of carbonyl (C=O) groups is 1. The minimum absolute atomic E-state index is 0.128. The molecule has 3 unspecified atom stereocenters. The SMILES string of the molecule is O=C1CSC2=NC3=C(CCC4CCCCC34)C(c3cccs3)N12. The molecule has 120 valence electrons. The van der Waals surface area contributed by atoms with Crippen LogP contribution in [0.25, 0.3) is 0 Å². The topological polar surface area (TPSA) is 32.7 Å². The second-order valence-electron chi connectivity index (χ2n) is 6.96. The van der Waals surface area contributed by atoms with Crippen molar-refractivity contribution in [3.05, 3.63) is 33.7 Å². The number of carbonyl (C=O) groups excluding carboxylic acids is 1. The predicted molar refractivity (Wildman–Crippen MR) is 95.5 cm³/mol. The van der Waals surface area contributed by atoms with Crippen molar-refractivity contribution in [2.24, 2.45) is 16.8 Å². The number of thiophene rings is 1. The van der Waals surface area contributed by atoms with Crippen molar-refractivity contribution < 1.29 is 4.79 Å². The third-order valence-electron chi connectivity index (χ3n) is 5.79. The van der Waals surface area contributed by atoms with Gasteiger partial charge in [0.05, 0.1) is 11.8 Å². The van der Waals surface area contributed by atoms with Crippen molar-refractivity contribution in [1.82, 2.24) is 4.90 Å². The molecule has 5 heteroatoms. The molecule has 2 fully saturated rings. The van der Waals surface area contributed by atoms with Gasteiger partial charge in [0, 0.05) is 16.5 Å². The Morgan fingerprint density at radius 2 is 2.13 bits per heavy atom. The standard InChI is InChI=1S/C18H20N2OS2/c21-15-10-23-18-19-16-12-5-2-1-4-11(12)7-8-13(16)17(20(15)18)14-6-3-9-22-14/h3,6,9,11-12,17H,1-2,4-5,7-8,10H2. The fraction of sp³-hybridized carbons (Fsp3) is 0.556. The van der Waals surface area contributed by atoms with E-state index in [0.29, 0.717) is 11.7 Å². The first kappa shape index (κ1) is 14.3. The largest absolute Gasteiger partial charge is 0.278 e. The van der Waals surface area contributed by atoms with Crippen molar-refractivity contribution in [1.29, 1.82) is 0 Å². The van der Waals surface area contributed by atoms with E-state index in [4.69, 9.17) is 4.99 Å². The highest BCUT2D eigenvalue weighted by Gasteiger charge is 2.45. The third kappa shape index (κ3) is 2.16. The molecule has 1 aromatic heterocycles. The quantitative estimate of drug-likeness (QED) is 0.746. The van der Waals surface area contributed by atoms with E-state index < -0.39 is 0 Å². The summed E-state index contributed by atoms with van der Waals surface area (Å²) in [4.78, 5) is 20.8. The fourth-order valence-electron chi connectivity index (χ4n) is 4.77. The van der Waals surface area contributed by atoms with E-state index in [1.54, 1.807) is 23.1 Å². The molecule has 2 aliphatic carbocycles. The molecule has 3 atom stereocenters. The van der Waals surface area contributed by atoms with Crippen molar-refractivity contribution in [3.63, 3.8) is 0 Å². The second-order valence-corrected chi connectivity index (χ2v) is 8.89. The van der Waals surface area contributed by atoms with Gasteiger partial charge in [0.25, 0.3) is 0 Å². The zero-order valence-corrected chi connectivity index (χ0v) is 14.7. The lowest BCUT2D eigenvalue weighted by Crippen LogP contribution is -2.40. The van der Waals surface area contributed by atoms with Gasteiger partial charge in [-0.2, -0.15) is 0 Å². The van der Waals surface area contributed by atoms with E-state index in [1.165, 1.54) is 48.3 Å². The van der Waals surface area contributed by atoms with E-state index in [9.17, 15) is 4.79 Å². The van der Waals surface area contributed by atoms with E-state index in [1.807, 2.05) is 4.90 Å². The maximum atomic E-state index is 12.5. The Balaban J connectivity index is 1.64. The van der Waals surface area contributed by atoms with Gasteiger partial charge in [-0.3, -0.25) is 9.69 Å². The molecule has 0 N–H and O–H groups in total. The molecule has 1 saturated carbocycles. The molecule has 2 aliphatic heterocycles. The maximum Gasteiger partial charge on any atom is 0.239 e. The first-order valence-corrected chi connectivity index (χ1v) is 10.5. The lowest BCUT2D eigenvalue weighted by Gasteiger charge is -2.43. The Kier molecular flexibility index (Phi) is 3.41. The van der Waals surface area contributed by atoms with Gasteiger partial charge in [0.2, 0.25) is 5.91 Å². The van der Waals surface area contributed by atoms with Crippen LogP contribution in [0.2, 0.25) is 0 Å². The van der Waals surface area contributed by atoms with Gasteiger partial charge in [0.1, 0.15) is 0 Å². The van der Waals surface area contributed by atoms with Crippen LogP contribution in [0.4, 0.5) is 0 Å². The first-order valence-electron chi connectivity index (χ1n) is 8.63. The Morgan fingerprint density at radius 3 is 3.00 bits per heavy atom. The van der Waals surface area contributed by atoms with Crippen LogP contribution < -0.4 is 0 Å². The summed E-state index contributed by atoms with van der Waals surface area (Å²) in [6.45, 7) is 0. The number of allylic oxidation sites excluding steroid dienone is 1. The number of amidine groups is 1. The van der Waals surface area contributed by atoms with E-state index in [2.05, 4.69) is 17.5 Å². The van der Waals surface area contributed by atoms with Crippen molar-refractivity contribution in [2.45, 2.75) is 44.6 Å². The predicted octanol–water partition coefficient (Wildman–Crippen LogP) is 4.59. The van der Waals surface area contributed by atoms with Crippen LogP contribution in [0, 0.1) is 11.8 Å². The number of amides is 1. The molecule has 1 saturated heterocycles. The van der Waals surface area contributed by atoms with Gasteiger partial charge in [-0.1, -0.05) is 30.7 Å². The van der Waals surface area contributed by atoms with Gasteiger partial charge in [-0.05, 0) is 48.6 Å². The van der Waals surface area contributed by atoms with E-state index in [-0.39, 0.29) is 11.9 Å². The van der Waals surface area contributed by atoms with Gasteiger partial charge < -0.3 is 0 Å². The zero-order chi connectivity index (χ0) is 15.4. The lowest BCUT2D eigenvalue weighted by molar-refractivity contribution is -0.125. The van der Waals surface area contributed by atoms with Crippen LogP contribution in [0.5, 0.6) is 0 Å². The average Bonchev–Trinajstić information content (AvgIpc) is 3.23. The molecule has 0 radical (unpaired) electrons. The van der Waals surface area contributed by atoms with Gasteiger partial charge in [-0.15, -0.1) is 11.3 Å². The highest BCUT2D eigenvalue weighted by Crippen LogP contribution is 2.52. The number of thioether (sulfide) groups is 1. The maximum absolute atomic E-state index is 12.5. The van der Waals surface area contributed by atoms with Crippen LogP contribution in [0.15, 0.2) is 33.8 Å². The highest BCUT2D eigenvalue weighted by molar-refractivity contribution is 8.15. The summed E-state index contributed by atoms with van der Waals surface area (Å²) in [5.41, 5.74) is 2.79. The van der Waals surface area contributed by atoms with Crippen molar-refractivity contribution in [3.8, 4) is 0 Å². The van der Waals surface area contributed by atoms with Crippen LogP contribution in [-0.4, -0.2) is 21.7 Å². The number of nitrogens with zero attached hydrogens (tertiary/aromatic N) is 2. The summed E-state index contributed by atoms with van der Waals surface area (Å²) in [6.07, 6.45) is 7.77. The number of hydrogen-bond donors (Lipinski definition) is 0. The minimum atomic E-state index is 0.128. The average molecular weight is 345 g/mol. The second kappa shape index (κ2) is 5.49. The van der Waals surface area contributed by atoms with Crippen LogP contribution in [0.3, 0.4) is 0 Å². The fourth-order valence-corrected chi connectivity index (χ4v) is 6.52. The lowest BCUT2D eigenvalue weighted by atomic mass is 9.69. The number of fused-ring (bicyclic) bond motifs is 3. The molecule has 3 heterocycles. The molecule has 0 spiro atoms. The Hall–Kier alpha value is -1.07.